The molecule has 2 aromatic heterocycles. The minimum atomic E-state index is 0.379. The van der Waals surface area contributed by atoms with Gasteiger partial charge in [-0.1, -0.05) is 0 Å². The first kappa shape index (κ1) is 12.9. The summed E-state index contributed by atoms with van der Waals surface area (Å²) in [5.74, 6) is 0.529. The van der Waals surface area contributed by atoms with E-state index >= 15 is 0 Å². The van der Waals surface area contributed by atoms with Crippen molar-refractivity contribution in [2.75, 3.05) is 11.1 Å². The quantitative estimate of drug-likeness (QED) is 0.868. The van der Waals surface area contributed by atoms with E-state index in [9.17, 15) is 0 Å². The molecule has 0 aliphatic rings. The number of nitrogen functional groups attached to an aromatic ring is 1. The van der Waals surface area contributed by atoms with E-state index in [1.807, 2.05) is 31.6 Å². The highest BCUT2D eigenvalue weighted by Crippen LogP contribution is 2.21. The van der Waals surface area contributed by atoms with Gasteiger partial charge in [-0.15, -0.1) is 0 Å². The van der Waals surface area contributed by atoms with Crippen LogP contribution in [-0.4, -0.2) is 14.8 Å². The number of nitrogens with one attached hydrogen (secondary N) is 1. The van der Waals surface area contributed by atoms with Crippen molar-refractivity contribution in [2.24, 2.45) is 7.05 Å². The molecule has 0 atom stereocenters. The molecule has 6 heteroatoms. The number of pyridine rings is 1. The molecule has 0 radical (unpaired) electrons. The van der Waals surface area contributed by atoms with Crippen LogP contribution in [0.4, 0.5) is 11.5 Å². The summed E-state index contributed by atoms with van der Waals surface area (Å²) < 4.78 is 1.84. The zero-order chi connectivity index (χ0) is 14.0. The highest BCUT2D eigenvalue weighted by molar-refractivity contribution is 5.68. The number of hydrogen-bond acceptors (Lipinski definition) is 5. The number of nitrogens with zero attached hydrogens (tertiary/aromatic N) is 4. The summed E-state index contributed by atoms with van der Waals surface area (Å²) in [6.07, 6.45) is 1.57. The van der Waals surface area contributed by atoms with Crippen molar-refractivity contribution in [3.63, 3.8) is 0 Å². The van der Waals surface area contributed by atoms with Crippen LogP contribution in [0, 0.1) is 25.2 Å². The molecule has 19 heavy (non-hydrogen) atoms. The number of anilines is 2. The van der Waals surface area contributed by atoms with Crippen molar-refractivity contribution in [3.8, 4) is 6.07 Å². The van der Waals surface area contributed by atoms with Gasteiger partial charge in [0.25, 0.3) is 0 Å². The highest BCUT2D eigenvalue weighted by atomic mass is 15.3. The van der Waals surface area contributed by atoms with E-state index in [0.717, 1.165) is 17.0 Å². The van der Waals surface area contributed by atoms with Gasteiger partial charge in [-0.25, -0.2) is 4.98 Å². The molecule has 0 amide bonds. The van der Waals surface area contributed by atoms with E-state index in [1.165, 1.54) is 0 Å². The number of nitriles is 1. The van der Waals surface area contributed by atoms with Crippen molar-refractivity contribution in [2.45, 2.75) is 20.4 Å². The van der Waals surface area contributed by atoms with E-state index < -0.39 is 0 Å². The third-order valence-electron chi connectivity index (χ3n) is 3.20. The highest BCUT2D eigenvalue weighted by Gasteiger charge is 2.11. The molecule has 0 spiro atoms. The van der Waals surface area contributed by atoms with E-state index in [2.05, 4.69) is 15.4 Å². The first-order chi connectivity index (χ1) is 9.04. The van der Waals surface area contributed by atoms with Crippen LogP contribution < -0.4 is 11.1 Å². The molecule has 0 unspecified atom stereocenters. The average molecular weight is 256 g/mol. The van der Waals surface area contributed by atoms with E-state index in [0.29, 0.717) is 23.6 Å². The molecule has 2 heterocycles. The Balaban J connectivity index is 2.22. The van der Waals surface area contributed by atoms with Gasteiger partial charge >= 0.3 is 0 Å². The summed E-state index contributed by atoms with van der Waals surface area (Å²) in [5, 5.41) is 16.4. The zero-order valence-corrected chi connectivity index (χ0v) is 11.2. The fourth-order valence-electron chi connectivity index (χ4n) is 1.96. The van der Waals surface area contributed by atoms with Crippen LogP contribution in [0.15, 0.2) is 12.3 Å². The van der Waals surface area contributed by atoms with Crippen molar-refractivity contribution in [3.05, 3.63) is 34.8 Å². The predicted octanol–water partition coefficient (Wildman–Crippen LogP) is 1.50. The molecule has 3 N–H and O–H groups in total. The van der Waals surface area contributed by atoms with Crippen LogP contribution >= 0.6 is 0 Å². The molecular formula is C13H16N6. The number of rotatable bonds is 3. The van der Waals surface area contributed by atoms with Gasteiger partial charge in [0.05, 0.1) is 16.9 Å². The topological polar surface area (TPSA) is 92.5 Å². The van der Waals surface area contributed by atoms with E-state index in [4.69, 9.17) is 11.0 Å². The summed E-state index contributed by atoms with van der Waals surface area (Å²) >= 11 is 0. The summed E-state index contributed by atoms with van der Waals surface area (Å²) in [5.41, 5.74) is 9.87. The normalized spacial score (nSPS) is 10.2. The van der Waals surface area contributed by atoms with E-state index in [-0.39, 0.29) is 0 Å². The maximum Gasteiger partial charge on any atom is 0.150 e. The molecule has 0 saturated carbocycles. The Hall–Kier alpha value is -2.55. The standard InChI is InChI=1S/C13H16N6/c1-8-11(9(2)19(3)18-8)7-17-13-12(15)10(6-14)4-5-16-13/h4-5H,7,15H2,1-3H3,(H,16,17). The van der Waals surface area contributed by atoms with Crippen LogP contribution in [0.3, 0.4) is 0 Å². The van der Waals surface area contributed by atoms with Gasteiger partial charge in [0, 0.05) is 31.0 Å². The molecule has 0 fully saturated rings. The molecule has 0 aliphatic heterocycles. The van der Waals surface area contributed by atoms with Crippen molar-refractivity contribution < 1.29 is 0 Å². The monoisotopic (exact) mass is 256 g/mol. The Labute approximate surface area is 111 Å². The fraction of sp³-hybridized carbons (Fsp3) is 0.308. The van der Waals surface area contributed by atoms with Crippen molar-refractivity contribution >= 4 is 11.5 Å². The van der Waals surface area contributed by atoms with Gasteiger partial charge in [-0.05, 0) is 19.9 Å². The fourth-order valence-corrected chi connectivity index (χ4v) is 1.96. The lowest BCUT2D eigenvalue weighted by Crippen LogP contribution is -2.07. The Morgan fingerprint density at radius 1 is 1.47 bits per heavy atom. The maximum atomic E-state index is 8.92. The summed E-state index contributed by atoms with van der Waals surface area (Å²) in [6.45, 7) is 4.56. The van der Waals surface area contributed by atoms with Crippen LogP contribution in [0.5, 0.6) is 0 Å². The van der Waals surface area contributed by atoms with Crippen molar-refractivity contribution in [1.29, 1.82) is 5.26 Å². The number of nitrogens with two attached hydrogens (primary N) is 1. The van der Waals surface area contributed by atoms with Gasteiger partial charge in [0.15, 0.2) is 5.82 Å². The van der Waals surface area contributed by atoms with Crippen LogP contribution in [0.1, 0.15) is 22.5 Å². The van der Waals surface area contributed by atoms with Gasteiger partial charge < -0.3 is 11.1 Å². The third kappa shape index (κ3) is 2.36. The van der Waals surface area contributed by atoms with E-state index in [1.54, 1.807) is 12.3 Å². The summed E-state index contributed by atoms with van der Waals surface area (Å²) in [6, 6.07) is 3.64. The van der Waals surface area contributed by atoms with Gasteiger partial charge in [0.1, 0.15) is 6.07 Å². The largest absolute Gasteiger partial charge is 0.395 e. The average Bonchev–Trinajstić information content (AvgIpc) is 2.63. The molecule has 0 bridgehead atoms. The molecule has 98 valence electrons. The molecule has 0 aromatic carbocycles. The van der Waals surface area contributed by atoms with Crippen LogP contribution in [0.25, 0.3) is 0 Å². The molecule has 6 nitrogen and oxygen atoms in total. The predicted molar refractivity (Wildman–Crippen MR) is 73.4 cm³/mol. The van der Waals surface area contributed by atoms with Gasteiger partial charge in [-0.3, -0.25) is 4.68 Å². The first-order valence-corrected chi connectivity index (χ1v) is 5.92. The Kier molecular flexibility index (Phi) is 3.38. The minimum Gasteiger partial charge on any atom is -0.395 e. The molecule has 0 aliphatic carbocycles. The second-order valence-electron chi connectivity index (χ2n) is 4.36. The number of aryl methyl sites for hydroxylation is 2. The number of aromatic nitrogens is 3. The second-order valence-corrected chi connectivity index (χ2v) is 4.36. The first-order valence-electron chi connectivity index (χ1n) is 5.92. The number of hydrogen-bond donors (Lipinski definition) is 2. The summed E-state index contributed by atoms with van der Waals surface area (Å²) in [7, 11) is 1.91. The molecule has 2 aromatic rings. The molecule has 2 rings (SSSR count). The summed E-state index contributed by atoms with van der Waals surface area (Å²) in [4.78, 5) is 4.15. The maximum absolute atomic E-state index is 8.92. The lowest BCUT2D eigenvalue weighted by molar-refractivity contribution is 0.730. The SMILES string of the molecule is Cc1nn(C)c(C)c1CNc1nccc(C#N)c1N. The molecule has 0 saturated heterocycles. The van der Waals surface area contributed by atoms with Gasteiger partial charge in [-0.2, -0.15) is 10.4 Å². The molecular weight excluding hydrogens is 240 g/mol. The zero-order valence-electron chi connectivity index (χ0n) is 11.2. The van der Waals surface area contributed by atoms with Crippen LogP contribution in [0.2, 0.25) is 0 Å². The van der Waals surface area contributed by atoms with Gasteiger partial charge in [0.2, 0.25) is 0 Å². The Morgan fingerprint density at radius 3 is 2.79 bits per heavy atom. The smallest absolute Gasteiger partial charge is 0.150 e. The minimum absolute atomic E-state index is 0.379. The van der Waals surface area contributed by atoms with Crippen LogP contribution in [-0.2, 0) is 13.6 Å². The lowest BCUT2D eigenvalue weighted by atomic mass is 10.2. The Bertz CT molecular complexity index is 650. The Morgan fingerprint density at radius 2 is 2.21 bits per heavy atom. The lowest BCUT2D eigenvalue weighted by Gasteiger charge is -2.09. The van der Waals surface area contributed by atoms with Crippen molar-refractivity contribution in [1.82, 2.24) is 14.8 Å². The third-order valence-corrected chi connectivity index (χ3v) is 3.20. The second kappa shape index (κ2) is 4.98.